The lowest BCUT2D eigenvalue weighted by Gasteiger charge is -2.25. The van der Waals surface area contributed by atoms with Crippen molar-refractivity contribution < 1.29 is 4.79 Å². The largest absolute Gasteiger partial charge is 0.350 e. The maximum atomic E-state index is 12.0. The van der Waals surface area contributed by atoms with E-state index in [1.165, 1.54) is 0 Å². The number of nitriles is 1. The lowest BCUT2D eigenvalue weighted by molar-refractivity contribution is -0.126. The van der Waals surface area contributed by atoms with Crippen molar-refractivity contribution in [1.82, 2.24) is 5.32 Å². The summed E-state index contributed by atoms with van der Waals surface area (Å²) < 4.78 is 0. The molecule has 0 bridgehead atoms. The standard InChI is InChI=1S/C14H19N3O/c1-3-14(16,4-2)13(18)17-10-12-7-5-6-11(8-12)9-15/h5-8H,3-4,10,16H2,1-2H3,(H,17,18). The number of nitrogens with two attached hydrogens (primary N) is 1. The highest BCUT2D eigenvalue weighted by atomic mass is 16.2. The highest BCUT2D eigenvalue weighted by molar-refractivity contribution is 5.85. The lowest BCUT2D eigenvalue weighted by atomic mass is 9.93. The van der Waals surface area contributed by atoms with Gasteiger partial charge in [-0.15, -0.1) is 0 Å². The summed E-state index contributed by atoms with van der Waals surface area (Å²) in [5.41, 5.74) is 6.69. The normalized spacial score (nSPS) is 10.8. The molecule has 0 aliphatic rings. The minimum absolute atomic E-state index is 0.144. The second-order valence-corrected chi connectivity index (χ2v) is 4.36. The van der Waals surface area contributed by atoms with Gasteiger partial charge in [0.1, 0.15) is 0 Å². The zero-order valence-corrected chi connectivity index (χ0v) is 10.9. The van der Waals surface area contributed by atoms with Crippen LogP contribution in [0.1, 0.15) is 37.8 Å². The Morgan fingerprint density at radius 2 is 2.11 bits per heavy atom. The Morgan fingerprint density at radius 1 is 1.44 bits per heavy atom. The molecule has 0 aliphatic heterocycles. The van der Waals surface area contributed by atoms with E-state index in [-0.39, 0.29) is 5.91 Å². The van der Waals surface area contributed by atoms with E-state index in [1.807, 2.05) is 19.9 Å². The van der Waals surface area contributed by atoms with Crippen LogP contribution >= 0.6 is 0 Å². The van der Waals surface area contributed by atoms with E-state index in [2.05, 4.69) is 11.4 Å². The lowest BCUT2D eigenvalue weighted by Crippen LogP contribution is -2.52. The number of nitrogens with zero attached hydrogens (tertiary/aromatic N) is 1. The highest BCUT2D eigenvalue weighted by Crippen LogP contribution is 2.12. The summed E-state index contributed by atoms with van der Waals surface area (Å²) in [6.07, 6.45) is 1.21. The van der Waals surface area contributed by atoms with Gasteiger partial charge in [-0.1, -0.05) is 26.0 Å². The van der Waals surface area contributed by atoms with E-state index < -0.39 is 5.54 Å². The molecule has 0 aromatic heterocycles. The Labute approximate surface area is 108 Å². The Hall–Kier alpha value is -1.86. The van der Waals surface area contributed by atoms with E-state index in [0.29, 0.717) is 24.9 Å². The molecule has 0 fully saturated rings. The van der Waals surface area contributed by atoms with Crippen LogP contribution in [0.4, 0.5) is 0 Å². The topological polar surface area (TPSA) is 78.9 Å². The van der Waals surface area contributed by atoms with Crippen molar-refractivity contribution in [3.63, 3.8) is 0 Å². The molecule has 0 radical (unpaired) electrons. The SMILES string of the molecule is CCC(N)(CC)C(=O)NCc1cccc(C#N)c1. The van der Waals surface area contributed by atoms with Crippen LogP contribution in [-0.2, 0) is 11.3 Å². The highest BCUT2D eigenvalue weighted by Gasteiger charge is 2.29. The molecule has 96 valence electrons. The number of nitrogens with one attached hydrogen (secondary N) is 1. The summed E-state index contributed by atoms with van der Waals surface area (Å²) in [6.45, 7) is 4.20. The fourth-order valence-electron chi connectivity index (χ4n) is 1.68. The molecule has 1 aromatic carbocycles. The molecular weight excluding hydrogens is 226 g/mol. The Morgan fingerprint density at radius 3 is 2.67 bits per heavy atom. The number of hydrogen-bond acceptors (Lipinski definition) is 3. The molecule has 4 heteroatoms. The minimum atomic E-state index is -0.799. The van der Waals surface area contributed by atoms with Crippen molar-refractivity contribution in [2.75, 3.05) is 0 Å². The van der Waals surface area contributed by atoms with Crippen LogP contribution in [0.25, 0.3) is 0 Å². The summed E-state index contributed by atoms with van der Waals surface area (Å²) in [6, 6.07) is 9.24. The number of hydrogen-bond donors (Lipinski definition) is 2. The predicted molar refractivity (Wildman–Crippen MR) is 70.5 cm³/mol. The maximum Gasteiger partial charge on any atom is 0.240 e. The van der Waals surface area contributed by atoms with Crippen molar-refractivity contribution in [3.05, 3.63) is 35.4 Å². The molecule has 0 saturated heterocycles. The van der Waals surface area contributed by atoms with Crippen LogP contribution in [0.3, 0.4) is 0 Å². The Kier molecular flexibility index (Phi) is 4.87. The molecule has 0 atom stereocenters. The fourth-order valence-corrected chi connectivity index (χ4v) is 1.68. The molecule has 0 heterocycles. The molecule has 4 nitrogen and oxygen atoms in total. The van der Waals surface area contributed by atoms with E-state index in [1.54, 1.807) is 18.2 Å². The van der Waals surface area contributed by atoms with Crippen LogP contribution in [0.15, 0.2) is 24.3 Å². The van der Waals surface area contributed by atoms with Crippen LogP contribution in [0, 0.1) is 11.3 Å². The van der Waals surface area contributed by atoms with Crippen molar-refractivity contribution in [3.8, 4) is 6.07 Å². The Balaban J connectivity index is 2.65. The summed E-state index contributed by atoms with van der Waals surface area (Å²) in [5, 5.41) is 11.6. The molecule has 18 heavy (non-hydrogen) atoms. The number of rotatable bonds is 5. The van der Waals surface area contributed by atoms with Gasteiger partial charge in [-0.3, -0.25) is 4.79 Å². The van der Waals surface area contributed by atoms with E-state index in [9.17, 15) is 4.79 Å². The molecule has 3 N–H and O–H groups in total. The summed E-state index contributed by atoms with van der Waals surface area (Å²) in [4.78, 5) is 12.0. The maximum absolute atomic E-state index is 12.0. The molecule has 0 saturated carbocycles. The van der Waals surface area contributed by atoms with Crippen molar-refractivity contribution in [1.29, 1.82) is 5.26 Å². The molecule has 0 unspecified atom stereocenters. The second-order valence-electron chi connectivity index (χ2n) is 4.36. The first-order chi connectivity index (χ1) is 8.55. The first-order valence-corrected chi connectivity index (χ1v) is 6.12. The zero-order valence-electron chi connectivity index (χ0n) is 10.9. The molecule has 1 amide bonds. The monoisotopic (exact) mass is 245 g/mol. The first-order valence-electron chi connectivity index (χ1n) is 6.12. The summed E-state index contributed by atoms with van der Waals surface area (Å²) >= 11 is 0. The number of carbonyl (C=O) groups excluding carboxylic acids is 1. The van der Waals surface area contributed by atoms with Gasteiger partial charge in [0.05, 0.1) is 17.2 Å². The number of benzene rings is 1. The van der Waals surface area contributed by atoms with Crippen molar-refractivity contribution in [2.24, 2.45) is 5.73 Å². The average molecular weight is 245 g/mol. The first kappa shape index (κ1) is 14.2. The fraction of sp³-hybridized carbons (Fsp3) is 0.429. The van der Waals surface area contributed by atoms with Gasteiger partial charge >= 0.3 is 0 Å². The summed E-state index contributed by atoms with van der Waals surface area (Å²) in [7, 11) is 0. The van der Waals surface area contributed by atoms with Crippen molar-refractivity contribution in [2.45, 2.75) is 38.8 Å². The molecule has 0 spiro atoms. The van der Waals surface area contributed by atoms with Gasteiger partial charge < -0.3 is 11.1 Å². The third kappa shape index (κ3) is 3.31. The zero-order chi connectivity index (χ0) is 13.6. The Bertz CT molecular complexity index is 458. The summed E-state index contributed by atoms with van der Waals surface area (Å²) in [5.74, 6) is -0.144. The molecule has 1 rings (SSSR count). The third-order valence-corrected chi connectivity index (χ3v) is 3.22. The predicted octanol–water partition coefficient (Wildman–Crippen LogP) is 1.69. The van der Waals surface area contributed by atoms with Crippen LogP contribution in [0.2, 0.25) is 0 Å². The van der Waals surface area contributed by atoms with Gasteiger partial charge in [0.15, 0.2) is 0 Å². The van der Waals surface area contributed by atoms with Gasteiger partial charge in [-0.05, 0) is 30.5 Å². The average Bonchev–Trinajstić information content (AvgIpc) is 2.43. The molecular formula is C14H19N3O. The minimum Gasteiger partial charge on any atom is -0.350 e. The van der Waals surface area contributed by atoms with Gasteiger partial charge in [0.2, 0.25) is 5.91 Å². The number of amides is 1. The third-order valence-electron chi connectivity index (χ3n) is 3.22. The van der Waals surface area contributed by atoms with Crippen molar-refractivity contribution >= 4 is 5.91 Å². The van der Waals surface area contributed by atoms with Gasteiger partial charge in [-0.25, -0.2) is 0 Å². The van der Waals surface area contributed by atoms with Crippen LogP contribution < -0.4 is 11.1 Å². The number of carbonyl (C=O) groups is 1. The quantitative estimate of drug-likeness (QED) is 0.828. The second kappa shape index (κ2) is 6.18. The molecule has 0 aliphatic carbocycles. The van der Waals surface area contributed by atoms with Crippen LogP contribution in [0.5, 0.6) is 0 Å². The molecule has 1 aromatic rings. The smallest absolute Gasteiger partial charge is 0.240 e. The van der Waals surface area contributed by atoms with Gasteiger partial charge in [0, 0.05) is 6.54 Å². The van der Waals surface area contributed by atoms with E-state index in [4.69, 9.17) is 11.0 Å². The van der Waals surface area contributed by atoms with Gasteiger partial charge in [-0.2, -0.15) is 5.26 Å². The van der Waals surface area contributed by atoms with Gasteiger partial charge in [0.25, 0.3) is 0 Å². The van der Waals surface area contributed by atoms with E-state index in [0.717, 1.165) is 5.56 Å². The van der Waals surface area contributed by atoms with E-state index >= 15 is 0 Å². The van der Waals surface area contributed by atoms with Crippen LogP contribution in [-0.4, -0.2) is 11.4 Å².